The maximum atomic E-state index is 13.4. The first-order chi connectivity index (χ1) is 15.1. The summed E-state index contributed by atoms with van der Waals surface area (Å²) in [4.78, 5) is 32.9. The molecule has 0 spiro atoms. The van der Waals surface area contributed by atoms with E-state index in [4.69, 9.17) is 9.72 Å². The Labute approximate surface area is 191 Å². The number of fused-ring (bicyclic) bond motifs is 2. The van der Waals surface area contributed by atoms with Crippen molar-refractivity contribution in [2.24, 2.45) is 23.2 Å². The van der Waals surface area contributed by atoms with Gasteiger partial charge in [0.1, 0.15) is 0 Å². The van der Waals surface area contributed by atoms with Crippen molar-refractivity contribution in [2.45, 2.75) is 60.3 Å². The van der Waals surface area contributed by atoms with Crippen LogP contribution in [0.4, 0.5) is 0 Å². The molecule has 1 saturated heterocycles. The summed E-state index contributed by atoms with van der Waals surface area (Å²) in [6.07, 6.45) is 3.88. The number of carbonyl (C=O) groups is 2. The van der Waals surface area contributed by atoms with Crippen LogP contribution in [0.15, 0.2) is 24.3 Å². The second kappa shape index (κ2) is 8.84. The van der Waals surface area contributed by atoms with Gasteiger partial charge in [0.2, 0.25) is 0 Å². The molecule has 0 bridgehead atoms. The van der Waals surface area contributed by atoms with Crippen LogP contribution in [-0.2, 0) is 22.4 Å². The number of rotatable bonds is 3. The van der Waals surface area contributed by atoms with Gasteiger partial charge in [0.25, 0.3) is 5.91 Å². The van der Waals surface area contributed by atoms with Crippen LogP contribution in [0.3, 0.4) is 0 Å². The topological polar surface area (TPSA) is 59.5 Å². The Hall–Kier alpha value is -2.43. The molecular weight excluding hydrogens is 400 g/mol. The van der Waals surface area contributed by atoms with Crippen LogP contribution in [0, 0.1) is 23.2 Å². The molecule has 2 aromatic rings. The fourth-order valence-electron chi connectivity index (χ4n) is 5.52. The standard InChI is InChI=1S/C27H36N2O3/c1-17-12-18(2)15-29(14-17)24(30)16-32-26(31)25-20-8-6-7-9-22(20)28-23-11-10-19(13-21(23)25)27(3,4)5/h6-9,17-19H,10-16H2,1-5H3. The molecule has 0 N–H and O–H groups in total. The summed E-state index contributed by atoms with van der Waals surface area (Å²) in [6, 6.07) is 7.76. The molecule has 2 heterocycles. The van der Waals surface area contributed by atoms with Crippen molar-refractivity contribution in [3.63, 3.8) is 0 Å². The minimum atomic E-state index is -0.402. The third-order valence-electron chi connectivity index (χ3n) is 7.24. The van der Waals surface area contributed by atoms with Gasteiger partial charge in [-0.25, -0.2) is 4.79 Å². The molecule has 3 atom stereocenters. The van der Waals surface area contributed by atoms with Crippen LogP contribution in [-0.4, -0.2) is 41.5 Å². The Morgan fingerprint density at radius 3 is 2.50 bits per heavy atom. The zero-order chi connectivity index (χ0) is 23.0. The van der Waals surface area contributed by atoms with Gasteiger partial charge < -0.3 is 9.64 Å². The Morgan fingerprint density at radius 1 is 1.12 bits per heavy atom. The van der Waals surface area contributed by atoms with Crippen molar-refractivity contribution in [1.82, 2.24) is 9.88 Å². The molecule has 0 saturated carbocycles. The van der Waals surface area contributed by atoms with Gasteiger partial charge in [0.05, 0.1) is 11.1 Å². The maximum Gasteiger partial charge on any atom is 0.339 e. The molecule has 1 fully saturated rings. The zero-order valence-corrected chi connectivity index (χ0v) is 20.1. The SMILES string of the molecule is CC1CC(C)CN(C(=O)COC(=O)c2c3c(nc4ccccc24)CCC(C(C)(C)C)C3)C1. The number of carbonyl (C=O) groups excluding carboxylic acids is 2. The van der Waals surface area contributed by atoms with Gasteiger partial charge in [-0.1, -0.05) is 52.8 Å². The average Bonchev–Trinajstić information content (AvgIpc) is 2.73. The van der Waals surface area contributed by atoms with E-state index in [-0.39, 0.29) is 17.9 Å². The molecule has 172 valence electrons. The number of benzene rings is 1. The first kappa shape index (κ1) is 22.8. The molecule has 5 nitrogen and oxygen atoms in total. The number of nitrogens with zero attached hydrogens (tertiary/aromatic N) is 2. The number of amides is 1. The number of likely N-dealkylation sites (tertiary alicyclic amines) is 1. The maximum absolute atomic E-state index is 13.4. The van der Waals surface area contributed by atoms with Crippen molar-refractivity contribution in [2.75, 3.05) is 19.7 Å². The number of esters is 1. The first-order valence-electron chi connectivity index (χ1n) is 12.0. The molecule has 3 unspecified atom stereocenters. The largest absolute Gasteiger partial charge is 0.452 e. The number of ether oxygens (including phenoxy) is 1. The summed E-state index contributed by atoms with van der Waals surface area (Å²) < 4.78 is 5.65. The second-order valence-electron chi connectivity index (χ2n) is 11.1. The van der Waals surface area contributed by atoms with Gasteiger partial charge in [-0.05, 0) is 60.5 Å². The highest BCUT2D eigenvalue weighted by Gasteiger charge is 2.33. The molecule has 1 amide bonds. The van der Waals surface area contributed by atoms with E-state index in [1.807, 2.05) is 29.2 Å². The molecule has 2 aliphatic rings. The van der Waals surface area contributed by atoms with Crippen LogP contribution in [0.2, 0.25) is 0 Å². The minimum Gasteiger partial charge on any atom is -0.452 e. The molecule has 1 aromatic carbocycles. The highest BCUT2D eigenvalue weighted by molar-refractivity contribution is 6.05. The number of aromatic nitrogens is 1. The summed E-state index contributed by atoms with van der Waals surface area (Å²) in [6.45, 7) is 12.4. The minimum absolute atomic E-state index is 0.100. The molecule has 1 aliphatic heterocycles. The van der Waals surface area contributed by atoms with Crippen LogP contribution in [0.5, 0.6) is 0 Å². The number of pyridine rings is 1. The third-order valence-corrected chi connectivity index (χ3v) is 7.24. The fourth-order valence-corrected chi connectivity index (χ4v) is 5.52. The predicted octanol–water partition coefficient (Wildman–Crippen LogP) is 5.05. The Kier molecular flexibility index (Phi) is 6.28. The number of hydrogen-bond acceptors (Lipinski definition) is 4. The Balaban J connectivity index is 1.60. The summed E-state index contributed by atoms with van der Waals surface area (Å²) in [7, 11) is 0. The number of piperidine rings is 1. The quantitative estimate of drug-likeness (QED) is 0.632. The zero-order valence-electron chi connectivity index (χ0n) is 20.1. The van der Waals surface area contributed by atoms with E-state index < -0.39 is 5.97 Å². The highest BCUT2D eigenvalue weighted by Crippen LogP contribution is 2.39. The van der Waals surface area contributed by atoms with E-state index in [0.717, 1.165) is 60.9 Å². The smallest absolute Gasteiger partial charge is 0.339 e. The summed E-state index contributed by atoms with van der Waals surface area (Å²) >= 11 is 0. The van der Waals surface area contributed by atoms with Crippen molar-refractivity contribution in [1.29, 1.82) is 0 Å². The number of aryl methyl sites for hydroxylation is 1. The van der Waals surface area contributed by atoms with Crippen LogP contribution in [0.25, 0.3) is 10.9 Å². The highest BCUT2D eigenvalue weighted by atomic mass is 16.5. The molecular formula is C27H36N2O3. The summed E-state index contributed by atoms with van der Waals surface area (Å²) in [5, 5.41) is 0.818. The van der Waals surface area contributed by atoms with Gasteiger partial charge in [-0.15, -0.1) is 0 Å². The van der Waals surface area contributed by atoms with Crippen molar-refractivity contribution in [3.8, 4) is 0 Å². The first-order valence-corrected chi connectivity index (χ1v) is 12.0. The van der Waals surface area contributed by atoms with Crippen LogP contribution < -0.4 is 0 Å². The molecule has 5 heteroatoms. The second-order valence-corrected chi connectivity index (χ2v) is 11.1. The van der Waals surface area contributed by atoms with E-state index in [0.29, 0.717) is 23.3 Å². The lowest BCUT2D eigenvalue weighted by molar-refractivity contribution is -0.137. The third kappa shape index (κ3) is 4.67. The average molecular weight is 437 g/mol. The van der Waals surface area contributed by atoms with Gasteiger partial charge in [-0.3, -0.25) is 9.78 Å². The van der Waals surface area contributed by atoms with Crippen molar-refractivity contribution in [3.05, 3.63) is 41.1 Å². The van der Waals surface area contributed by atoms with Crippen molar-refractivity contribution < 1.29 is 14.3 Å². The van der Waals surface area contributed by atoms with E-state index >= 15 is 0 Å². The van der Waals surface area contributed by atoms with Crippen LogP contribution in [0.1, 0.15) is 69.1 Å². The summed E-state index contributed by atoms with van der Waals surface area (Å²) in [5.74, 6) is 0.924. The lowest BCUT2D eigenvalue weighted by Crippen LogP contribution is -2.44. The fraction of sp³-hybridized carbons (Fsp3) is 0.593. The Morgan fingerprint density at radius 2 is 1.81 bits per heavy atom. The lowest BCUT2D eigenvalue weighted by atomic mass is 9.70. The van der Waals surface area contributed by atoms with Gasteiger partial charge in [0.15, 0.2) is 6.61 Å². The number of hydrogen-bond donors (Lipinski definition) is 0. The molecule has 32 heavy (non-hydrogen) atoms. The lowest BCUT2D eigenvalue weighted by Gasteiger charge is -2.35. The van der Waals surface area contributed by atoms with Gasteiger partial charge >= 0.3 is 5.97 Å². The van der Waals surface area contributed by atoms with E-state index in [1.165, 1.54) is 0 Å². The van der Waals surface area contributed by atoms with Crippen molar-refractivity contribution >= 4 is 22.8 Å². The molecule has 4 rings (SSSR count). The molecule has 0 radical (unpaired) electrons. The predicted molar refractivity (Wildman–Crippen MR) is 127 cm³/mol. The normalized spacial score (nSPS) is 23.7. The van der Waals surface area contributed by atoms with E-state index in [9.17, 15) is 9.59 Å². The monoisotopic (exact) mass is 436 g/mol. The number of para-hydroxylation sites is 1. The molecule has 1 aliphatic carbocycles. The Bertz CT molecular complexity index is 1010. The van der Waals surface area contributed by atoms with Gasteiger partial charge in [-0.2, -0.15) is 0 Å². The van der Waals surface area contributed by atoms with E-state index in [1.54, 1.807) is 0 Å². The summed E-state index contributed by atoms with van der Waals surface area (Å²) in [5.41, 5.74) is 3.58. The van der Waals surface area contributed by atoms with Gasteiger partial charge in [0, 0.05) is 24.2 Å². The van der Waals surface area contributed by atoms with Crippen LogP contribution >= 0.6 is 0 Å². The van der Waals surface area contributed by atoms with E-state index in [2.05, 4.69) is 34.6 Å². The molecule has 1 aromatic heterocycles.